The van der Waals surface area contributed by atoms with Gasteiger partial charge in [-0.15, -0.1) is 12.4 Å². The van der Waals surface area contributed by atoms with E-state index in [1.165, 1.54) is 0 Å². The van der Waals surface area contributed by atoms with Crippen LogP contribution in [0, 0.1) is 0 Å². The van der Waals surface area contributed by atoms with Gasteiger partial charge in [0.05, 0.1) is 0 Å². The Kier molecular flexibility index (Phi) is 5.53. The average Bonchev–Trinajstić information content (AvgIpc) is 2.38. The molecule has 3 heteroatoms. The largest absolute Gasteiger partial charge is 0.484 e. The molecule has 90 valence electrons. The minimum Gasteiger partial charge on any atom is -0.484 e. The Morgan fingerprint density at radius 2 is 1.41 bits per heavy atom. The molecule has 0 fully saturated rings. The van der Waals surface area contributed by atoms with E-state index in [0.717, 1.165) is 11.3 Å². The highest BCUT2D eigenvalue weighted by molar-refractivity contribution is 5.85. The summed E-state index contributed by atoms with van der Waals surface area (Å²) in [6.07, 6.45) is -0.0800. The van der Waals surface area contributed by atoms with E-state index in [-0.39, 0.29) is 18.5 Å². The van der Waals surface area contributed by atoms with Crippen LogP contribution in [0.5, 0.6) is 5.75 Å². The summed E-state index contributed by atoms with van der Waals surface area (Å²) in [6.45, 7) is 0.471. The smallest absolute Gasteiger partial charge is 0.136 e. The highest BCUT2D eigenvalue weighted by Gasteiger charge is 2.10. The van der Waals surface area contributed by atoms with E-state index in [4.69, 9.17) is 10.5 Å². The van der Waals surface area contributed by atoms with E-state index < -0.39 is 0 Å². The Morgan fingerprint density at radius 1 is 0.882 bits per heavy atom. The van der Waals surface area contributed by atoms with Crippen LogP contribution in [0.4, 0.5) is 0 Å². The lowest BCUT2D eigenvalue weighted by Crippen LogP contribution is -2.18. The van der Waals surface area contributed by atoms with Crippen LogP contribution in [-0.4, -0.2) is 6.54 Å². The number of ether oxygens (including phenoxy) is 1. The summed E-state index contributed by atoms with van der Waals surface area (Å²) in [5.74, 6) is 0.849. The van der Waals surface area contributed by atoms with Crippen molar-refractivity contribution in [2.75, 3.05) is 6.54 Å². The normalized spacial score (nSPS) is 11.4. The Balaban J connectivity index is 0.00000144. The molecule has 0 saturated carbocycles. The quantitative estimate of drug-likeness (QED) is 0.903. The zero-order valence-corrected chi connectivity index (χ0v) is 10.3. The predicted octanol–water partition coefficient (Wildman–Crippen LogP) is 3.19. The Morgan fingerprint density at radius 3 is 1.94 bits per heavy atom. The summed E-state index contributed by atoms with van der Waals surface area (Å²) in [5, 5.41) is 0. The summed E-state index contributed by atoms with van der Waals surface area (Å²) in [5.41, 5.74) is 6.83. The zero-order chi connectivity index (χ0) is 11.2. The van der Waals surface area contributed by atoms with E-state index in [9.17, 15) is 0 Å². The monoisotopic (exact) mass is 249 g/mol. The molecule has 1 atom stereocenters. The summed E-state index contributed by atoms with van der Waals surface area (Å²) in [7, 11) is 0. The summed E-state index contributed by atoms with van der Waals surface area (Å²) in [6, 6.07) is 19.8. The molecule has 2 aromatic carbocycles. The fourth-order valence-corrected chi connectivity index (χ4v) is 1.58. The summed E-state index contributed by atoms with van der Waals surface area (Å²) >= 11 is 0. The minimum absolute atomic E-state index is 0. The molecule has 0 aliphatic rings. The SMILES string of the molecule is Cl.NCC(Oc1ccccc1)c1ccccc1. The van der Waals surface area contributed by atoms with Crippen molar-refractivity contribution < 1.29 is 4.74 Å². The van der Waals surface area contributed by atoms with Gasteiger partial charge in [0, 0.05) is 6.54 Å². The first-order valence-electron chi connectivity index (χ1n) is 5.37. The number of hydrogen-bond acceptors (Lipinski definition) is 2. The first kappa shape index (κ1) is 13.6. The van der Waals surface area contributed by atoms with Gasteiger partial charge in [-0.25, -0.2) is 0 Å². The topological polar surface area (TPSA) is 35.2 Å². The van der Waals surface area contributed by atoms with Crippen molar-refractivity contribution in [1.82, 2.24) is 0 Å². The first-order chi connectivity index (χ1) is 7.90. The number of nitrogens with two attached hydrogens (primary N) is 1. The van der Waals surface area contributed by atoms with Gasteiger partial charge in [-0.05, 0) is 17.7 Å². The number of benzene rings is 2. The van der Waals surface area contributed by atoms with Crippen LogP contribution in [0.3, 0.4) is 0 Å². The van der Waals surface area contributed by atoms with Crippen molar-refractivity contribution in [3.05, 3.63) is 66.2 Å². The molecule has 2 rings (SSSR count). The molecule has 0 aliphatic carbocycles. The second-order valence-electron chi connectivity index (χ2n) is 3.57. The molecule has 0 bridgehead atoms. The Hall–Kier alpha value is -1.51. The number of hydrogen-bond donors (Lipinski definition) is 1. The van der Waals surface area contributed by atoms with Gasteiger partial charge < -0.3 is 10.5 Å². The highest BCUT2D eigenvalue weighted by Crippen LogP contribution is 2.20. The van der Waals surface area contributed by atoms with Gasteiger partial charge in [0.25, 0.3) is 0 Å². The number of para-hydroxylation sites is 1. The van der Waals surface area contributed by atoms with Crippen LogP contribution in [0.25, 0.3) is 0 Å². The first-order valence-corrected chi connectivity index (χ1v) is 5.37. The maximum absolute atomic E-state index is 5.82. The van der Waals surface area contributed by atoms with Crippen molar-refractivity contribution >= 4 is 12.4 Å². The third kappa shape index (κ3) is 3.77. The lowest BCUT2D eigenvalue weighted by atomic mass is 10.1. The predicted molar refractivity (Wildman–Crippen MR) is 72.6 cm³/mol. The van der Waals surface area contributed by atoms with Crippen LogP contribution in [0.15, 0.2) is 60.7 Å². The number of rotatable bonds is 4. The zero-order valence-electron chi connectivity index (χ0n) is 9.45. The lowest BCUT2D eigenvalue weighted by Gasteiger charge is -2.17. The van der Waals surface area contributed by atoms with E-state index in [1.807, 2.05) is 60.7 Å². The summed E-state index contributed by atoms with van der Waals surface area (Å²) < 4.78 is 5.82. The molecule has 2 nitrogen and oxygen atoms in total. The van der Waals surface area contributed by atoms with Crippen molar-refractivity contribution in [2.45, 2.75) is 6.10 Å². The molecule has 0 spiro atoms. The standard InChI is InChI=1S/C14H15NO.ClH/c15-11-14(12-7-3-1-4-8-12)16-13-9-5-2-6-10-13;/h1-10,14H,11,15H2;1H. The van der Waals surface area contributed by atoms with Crippen molar-refractivity contribution in [3.8, 4) is 5.75 Å². The van der Waals surface area contributed by atoms with Gasteiger partial charge in [-0.2, -0.15) is 0 Å². The molecular formula is C14H16ClNO. The summed E-state index contributed by atoms with van der Waals surface area (Å²) in [4.78, 5) is 0. The molecule has 17 heavy (non-hydrogen) atoms. The molecule has 0 amide bonds. The molecule has 0 heterocycles. The average molecular weight is 250 g/mol. The van der Waals surface area contributed by atoms with E-state index in [0.29, 0.717) is 6.54 Å². The maximum Gasteiger partial charge on any atom is 0.136 e. The highest BCUT2D eigenvalue weighted by atomic mass is 35.5. The number of halogens is 1. The molecule has 1 unspecified atom stereocenters. The molecule has 0 aliphatic heterocycles. The van der Waals surface area contributed by atoms with Gasteiger partial charge in [-0.3, -0.25) is 0 Å². The fourth-order valence-electron chi connectivity index (χ4n) is 1.58. The molecule has 2 aromatic rings. The van der Waals surface area contributed by atoms with Crippen molar-refractivity contribution in [1.29, 1.82) is 0 Å². The van der Waals surface area contributed by atoms with E-state index >= 15 is 0 Å². The third-order valence-corrected chi connectivity index (χ3v) is 2.41. The van der Waals surface area contributed by atoms with E-state index in [1.54, 1.807) is 0 Å². The van der Waals surface area contributed by atoms with Crippen molar-refractivity contribution in [2.24, 2.45) is 5.73 Å². The molecule has 0 radical (unpaired) electrons. The Bertz CT molecular complexity index is 419. The van der Waals surface area contributed by atoms with E-state index in [2.05, 4.69) is 0 Å². The van der Waals surface area contributed by atoms with Gasteiger partial charge in [0.15, 0.2) is 0 Å². The molecule has 2 N–H and O–H groups in total. The van der Waals surface area contributed by atoms with Crippen molar-refractivity contribution in [3.63, 3.8) is 0 Å². The van der Waals surface area contributed by atoms with Gasteiger partial charge in [-0.1, -0.05) is 48.5 Å². The minimum atomic E-state index is -0.0800. The second kappa shape index (κ2) is 6.94. The second-order valence-corrected chi connectivity index (χ2v) is 3.57. The molecular weight excluding hydrogens is 234 g/mol. The Labute approximate surface area is 108 Å². The fraction of sp³-hybridized carbons (Fsp3) is 0.143. The third-order valence-electron chi connectivity index (χ3n) is 2.41. The van der Waals surface area contributed by atoms with Gasteiger partial charge in [0.1, 0.15) is 11.9 Å². The van der Waals surface area contributed by atoms with Crippen LogP contribution in [0.1, 0.15) is 11.7 Å². The van der Waals surface area contributed by atoms with Gasteiger partial charge in [0.2, 0.25) is 0 Å². The van der Waals surface area contributed by atoms with Crippen LogP contribution in [0.2, 0.25) is 0 Å². The van der Waals surface area contributed by atoms with Gasteiger partial charge >= 0.3 is 0 Å². The molecule has 0 aromatic heterocycles. The molecule has 0 saturated heterocycles. The lowest BCUT2D eigenvalue weighted by molar-refractivity contribution is 0.214. The maximum atomic E-state index is 5.82. The van der Waals surface area contributed by atoms with Crippen LogP contribution in [-0.2, 0) is 0 Å². The van der Waals surface area contributed by atoms with Crippen LogP contribution >= 0.6 is 12.4 Å². The van der Waals surface area contributed by atoms with Crippen LogP contribution < -0.4 is 10.5 Å².